The van der Waals surface area contributed by atoms with Gasteiger partial charge in [0.05, 0.1) is 0 Å². The van der Waals surface area contributed by atoms with Crippen LogP contribution in [0.4, 0.5) is 13.2 Å². The lowest BCUT2D eigenvalue weighted by molar-refractivity contribution is 0.215. The van der Waals surface area contributed by atoms with Crippen LogP contribution in [0.5, 0.6) is 0 Å². The Morgan fingerprint density at radius 1 is 1.28 bits per heavy atom. The number of likely N-dealkylation sites (N-methyl/N-ethyl adjacent to an activating group) is 1. The SMILES string of the molecule is CN(Cc1cc(F)c(F)c(F)c1)C(CN)C1CC1. The molecule has 1 aliphatic carbocycles. The van der Waals surface area contributed by atoms with Crippen LogP contribution in [-0.2, 0) is 6.54 Å². The van der Waals surface area contributed by atoms with Gasteiger partial charge in [0.25, 0.3) is 0 Å². The van der Waals surface area contributed by atoms with Crippen LogP contribution in [-0.4, -0.2) is 24.5 Å². The van der Waals surface area contributed by atoms with E-state index in [-0.39, 0.29) is 6.04 Å². The molecule has 0 radical (unpaired) electrons. The van der Waals surface area contributed by atoms with Gasteiger partial charge in [-0.25, -0.2) is 13.2 Å². The molecule has 1 saturated carbocycles. The molecule has 0 aromatic heterocycles. The monoisotopic (exact) mass is 258 g/mol. The highest BCUT2D eigenvalue weighted by atomic mass is 19.2. The van der Waals surface area contributed by atoms with Crippen LogP contribution in [0.1, 0.15) is 18.4 Å². The van der Waals surface area contributed by atoms with Gasteiger partial charge >= 0.3 is 0 Å². The summed E-state index contributed by atoms with van der Waals surface area (Å²) < 4.78 is 39.0. The minimum atomic E-state index is -1.42. The van der Waals surface area contributed by atoms with Crippen molar-refractivity contribution in [1.29, 1.82) is 0 Å². The summed E-state index contributed by atoms with van der Waals surface area (Å²) in [7, 11) is 1.87. The highest BCUT2D eigenvalue weighted by Gasteiger charge is 2.32. The molecule has 1 aromatic carbocycles. The first-order chi connectivity index (χ1) is 8.52. The van der Waals surface area contributed by atoms with E-state index in [1.807, 2.05) is 11.9 Å². The Kier molecular flexibility index (Phi) is 3.92. The zero-order valence-corrected chi connectivity index (χ0v) is 10.3. The molecule has 5 heteroatoms. The Hall–Kier alpha value is -1.07. The van der Waals surface area contributed by atoms with Gasteiger partial charge in [-0.15, -0.1) is 0 Å². The fraction of sp³-hybridized carbons (Fsp3) is 0.538. The molecule has 1 fully saturated rings. The Bertz CT molecular complexity index is 409. The summed E-state index contributed by atoms with van der Waals surface area (Å²) in [5.74, 6) is -3.13. The first kappa shape index (κ1) is 13.4. The van der Waals surface area contributed by atoms with Crippen LogP contribution < -0.4 is 5.73 Å². The van der Waals surface area contributed by atoms with E-state index < -0.39 is 17.5 Å². The number of halogens is 3. The van der Waals surface area contributed by atoms with Crippen molar-refractivity contribution in [2.24, 2.45) is 11.7 Å². The van der Waals surface area contributed by atoms with Gasteiger partial charge in [-0.05, 0) is 43.5 Å². The zero-order chi connectivity index (χ0) is 13.3. The second kappa shape index (κ2) is 5.28. The highest BCUT2D eigenvalue weighted by Crippen LogP contribution is 2.35. The topological polar surface area (TPSA) is 29.3 Å². The summed E-state index contributed by atoms with van der Waals surface area (Å²) >= 11 is 0. The van der Waals surface area contributed by atoms with E-state index in [1.54, 1.807) is 0 Å². The molecular weight excluding hydrogens is 241 g/mol. The van der Waals surface area contributed by atoms with Gasteiger partial charge in [0.15, 0.2) is 17.5 Å². The molecular formula is C13H17F3N2. The molecule has 0 amide bonds. The zero-order valence-electron chi connectivity index (χ0n) is 10.3. The molecule has 0 aliphatic heterocycles. The van der Waals surface area contributed by atoms with Gasteiger partial charge in [-0.1, -0.05) is 0 Å². The van der Waals surface area contributed by atoms with Gasteiger partial charge in [-0.3, -0.25) is 4.90 Å². The van der Waals surface area contributed by atoms with Crippen molar-refractivity contribution in [3.05, 3.63) is 35.1 Å². The van der Waals surface area contributed by atoms with Crippen LogP contribution in [0.15, 0.2) is 12.1 Å². The van der Waals surface area contributed by atoms with Crippen LogP contribution in [0.3, 0.4) is 0 Å². The molecule has 1 aliphatic rings. The second-order valence-corrected chi connectivity index (χ2v) is 4.93. The van der Waals surface area contributed by atoms with E-state index >= 15 is 0 Å². The summed E-state index contributed by atoms with van der Waals surface area (Å²) in [6, 6.07) is 2.30. The summed E-state index contributed by atoms with van der Waals surface area (Å²) in [5.41, 5.74) is 6.13. The number of nitrogens with zero attached hydrogens (tertiary/aromatic N) is 1. The van der Waals surface area contributed by atoms with Gasteiger partial charge in [0, 0.05) is 19.1 Å². The van der Waals surface area contributed by atoms with E-state index in [0.717, 1.165) is 25.0 Å². The van der Waals surface area contributed by atoms with Crippen LogP contribution >= 0.6 is 0 Å². The third-order valence-corrected chi connectivity index (χ3v) is 3.45. The molecule has 2 N–H and O–H groups in total. The predicted octanol–water partition coefficient (Wildman–Crippen LogP) is 2.27. The van der Waals surface area contributed by atoms with Gasteiger partial charge in [-0.2, -0.15) is 0 Å². The maximum atomic E-state index is 13.1. The summed E-state index contributed by atoms with van der Waals surface area (Å²) in [4.78, 5) is 1.98. The van der Waals surface area contributed by atoms with E-state index in [1.165, 1.54) is 0 Å². The highest BCUT2D eigenvalue weighted by molar-refractivity contribution is 5.19. The third-order valence-electron chi connectivity index (χ3n) is 3.45. The average molecular weight is 258 g/mol. The number of nitrogens with two attached hydrogens (primary N) is 1. The molecule has 100 valence electrons. The molecule has 1 aromatic rings. The van der Waals surface area contributed by atoms with E-state index in [2.05, 4.69) is 0 Å². The van der Waals surface area contributed by atoms with E-state index in [4.69, 9.17) is 5.73 Å². The van der Waals surface area contributed by atoms with Crippen molar-refractivity contribution >= 4 is 0 Å². The summed E-state index contributed by atoms with van der Waals surface area (Å²) in [6.07, 6.45) is 2.30. The van der Waals surface area contributed by atoms with Crippen LogP contribution in [0.2, 0.25) is 0 Å². The van der Waals surface area contributed by atoms with Crippen LogP contribution in [0, 0.1) is 23.4 Å². The Morgan fingerprint density at radius 2 is 1.83 bits per heavy atom. The summed E-state index contributed by atoms with van der Waals surface area (Å²) in [6.45, 7) is 0.889. The normalized spacial score (nSPS) is 17.2. The van der Waals surface area contributed by atoms with Crippen molar-refractivity contribution in [2.75, 3.05) is 13.6 Å². The Morgan fingerprint density at radius 3 is 2.28 bits per heavy atom. The summed E-state index contributed by atoms with van der Waals surface area (Å²) in [5, 5.41) is 0. The third kappa shape index (κ3) is 2.84. The van der Waals surface area contributed by atoms with E-state index in [0.29, 0.717) is 24.6 Å². The predicted molar refractivity (Wildman–Crippen MR) is 63.3 cm³/mol. The molecule has 0 spiro atoms. The van der Waals surface area contributed by atoms with Crippen molar-refractivity contribution < 1.29 is 13.2 Å². The molecule has 2 rings (SSSR count). The van der Waals surface area contributed by atoms with Gasteiger partial charge in [0.1, 0.15) is 0 Å². The van der Waals surface area contributed by atoms with Crippen molar-refractivity contribution in [3.63, 3.8) is 0 Å². The van der Waals surface area contributed by atoms with Crippen molar-refractivity contribution in [2.45, 2.75) is 25.4 Å². The second-order valence-electron chi connectivity index (χ2n) is 4.93. The molecule has 0 saturated heterocycles. The Labute approximate surface area is 105 Å². The molecule has 2 nitrogen and oxygen atoms in total. The maximum absolute atomic E-state index is 13.1. The molecule has 0 bridgehead atoms. The number of hydrogen-bond acceptors (Lipinski definition) is 2. The smallest absolute Gasteiger partial charge is 0.194 e. The largest absolute Gasteiger partial charge is 0.329 e. The van der Waals surface area contributed by atoms with Crippen molar-refractivity contribution in [1.82, 2.24) is 4.90 Å². The van der Waals surface area contributed by atoms with Crippen molar-refractivity contribution in [3.8, 4) is 0 Å². The minimum absolute atomic E-state index is 0.223. The Balaban J connectivity index is 2.08. The standard InChI is InChI=1S/C13H17F3N2/c1-18(12(6-17)9-2-3-9)7-8-4-10(14)13(16)11(15)5-8/h4-5,9,12H,2-3,6-7,17H2,1H3. The number of rotatable bonds is 5. The molecule has 1 atom stereocenters. The molecule has 1 unspecified atom stereocenters. The van der Waals surface area contributed by atoms with Gasteiger partial charge < -0.3 is 5.73 Å². The lowest BCUT2D eigenvalue weighted by Crippen LogP contribution is -2.39. The fourth-order valence-corrected chi connectivity index (χ4v) is 2.32. The maximum Gasteiger partial charge on any atom is 0.194 e. The molecule has 18 heavy (non-hydrogen) atoms. The van der Waals surface area contributed by atoms with Crippen LogP contribution in [0.25, 0.3) is 0 Å². The average Bonchev–Trinajstić information content (AvgIpc) is 3.11. The lowest BCUT2D eigenvalue weighted by atomic mass is 10.1. The quantitative estimate of drug-likeness (QED) is 0.821. The lowest BCUT2D eigenvalue weighted by Gasteiger charge is -2.27. The first-order valence-electron chi connectivity index (χ1n) is 6.06. The van der Waals surface area contributed by atoms with Gasteiger partial charge in [0.2, 0.25) is 0 Å². The molecule has 0 heterocycles. The van der Waals surface area contributed by atoms with E-state index in [9.17, 15) is 13.2 Å². The minimum Gasteiger partial charge on any atom is -0.329 e. The number of benzene rings is 1. The fourth-order valence-electron chi connectivity index (χ4n) is 2.32. The number of hydrogen-bond donors (Lipinski definition) is 1. The first-order valence-corrected chi connectivity index (χ1v) is 6.06.